The SMILES string of the molecule is COC(=O)c1cc(-c2ccccc2)c(=O)n2c1-c1sccc1CCC2. The number of aromatic nitrogens is 1. The van der Waals surface area contributed by atoms with Gasteiger partial charge in [-0.25, -0.2) is 4.79 Å². The van der Waals surface area contributed by atoms with Crippen LogP contribution < -0.4 is 5.56 Å². The topological polar surface area (TPSA) is 48.3 Å². The molecule has 5 heteroatoms. The number of aryl methyl sites for hydroxylation is 1. The highest BCUT2D eigenvalue weighted by Gasteiger charge is 2.26. The molecule has 0 aliphatic carbocycles. The normalized spacial score (nSPS) is 12.8. The molecule has 0 unspecified atom stereocenters. The highest BCUT2D eigenvalue weighted by Crippen LogP contribution is 2.36. The maximum absolute atomic E-state index is 13.2. The molecule has 3 aromatic rings. The zero-order chi connectivity index (χ0) is 17.4. The molecule has 0 spiro atoms. The molecule has 0 saturated heterocycles. The molecule has 0 saturated carbocycles. The van der Waals surface area contributed by atoms with E-state index >= 15 is 0 Å². The van der Waals surface area contributed by atoms with Crippen LogP contribution in [-0.4, -0.2) is 17.6 Å². The number of carbonyl (C=O) groups excluding carboxylic acids is 1. The van der Waals surface area contributed by atoms with Gasteiger partial charge in [0.25, 0.3) is 5.56 Å². The molecule has 0 atom stereocenters. The third-order valence-electron chi connectivity index (χ3n) is 4.57. The Morgan fingerprint density at radius 3 is 2.76 bits per heavy atom. The lowest BCUT2D eigenvalue weighted by Crippen LogP contribution is -2.25. The zero-order valence-electron chi connectivity index (χ0n) is 13.8. The molecule has 4 nitrogen and oxygen atoms in total. The molecule has 4 rings (SSSR count). The van der Waals surface area contributed by atoms with Crippen molar-refractivity contribution in [2.24, 2.45) is 0 Å². The van der Waals surface area contributed by atoms with Crippen molar-refractivity contribution < 1.29 is 9.53 Å². The van der Waals surface area contributed by atoms with E-state index in [2.05, 4.69) is 6.07 Å². The Balaban J connectivity index is 2.07. The molecular weight excluding hydrogens is 334 g/mol. The second kappa shape index (κ2) is 6.33. The third-order valence-corrected chi connectivity index (χ3v) is 5.53. The lowest BCUT2D eigenvalue weighted by Gasteiger charge is -2.16. The monoisotopic (exact) mass is 351 g/mol. The lowest BCUT2D eigenvalue weighted by molar-refractivity contribution is 0.0601. The van der Waals surface area contributed by atoms with Crippen LogP contribution in [0.5, 0.6) is 0 Å². The summed E-state index contributed by atoms with van der Waals surface area (Å²) >= 11 is 1.57. The number of hydrogen-bond acceptors (Lipinski definition) is 4. The van der Waals surface area contributed by atoms with Crippen LogP contribution in [0.25, 0.3) is 21.7 Å². The minimum atomic E-state index is -0.415. The maximum Gasteiger partial charge on any atom is 0.340 e. The molecule has 0 radical (unpaired) electrons. The van der Waals surface area contributed by atoms with Crippen molar-refractivity contribution in [3.63, 3.8) is 0 Å². The summed E-state index contributed by atoms with van der Waals surface area (Å²) < 4.78 is 6.76. The van der Waals surface area contributed by atoms with E-state index in [0.717, 1.165) is 23.3 Å². The van der Waals surface area contributed by atoms with Crippen LogP contribution in [0.2, 0.25) is 0 Å². The van der Waals surface area contributed by atoms with Crippen molar-refractivity contribution in [3.8, 4) is 21.7 Å². The molecule has 126 valence electrons. The van der Waals surface area contributed by atoms with Crippen molar-refractivity contribution in [1.29, 1.82) is 0 Å². The quantitative estimate of drug-likeness (QED) is 0.656. The molecule has 0 bridgehead atoms. The molecule has 3 heterocycles. The molecule has 1 aliphatic heterocycles. The summed E-state index contributed by atoms with van der Waals surface area (Å²) in [5, 5.41) is 2.01. The summed E-state index contributed by atoms with van der Waals surface area (Å²) in [4.78, 5) is 26.7. The fraction of sp³-hybridized carbons (Fsp3) is 0.200. The van der Waals surface area contributed by atoms with Gasteiger partial charge in [0.15, 0.2) is 0 Å². The van der Waals surface area contributed by atoms with E-state index in [1.807, 2.05) is 35.7 Å². The number of pyridine rings is 1. The van der Waals surface area contributed by atoms with Gasteiger partial charge < -0.3 is 9.30 Å². The summed E-state index contributed by atoms with van der Waals surface area (Å²) in [6.07, 6.45) is 1.77. The van der Waals surface area contributed by atoms with E-state index in [4.69, 9.17) is 4.74 Å². The first-order valence-electron chi connectivity index (χ1n) is 8.19. The number of methoxy groups -OCH3 is 1. The van der Waals surface area contributed by atoms with Crippen LogP contribution in [0.15, 0.2) is 52.6 Å². The summed E-state index contributed by atoms with van der Waals surface area (Å²) in [6.45, 7) is 0.597. The molecule has 1 aromatic carbocycles. The number of rotatable bonds is 2. The van der Waals surface area contributed by atoms with Crippen molar-refractivity contribution in [2.45, 2.75) is 19.4 Å². The van der Waals surface area contributed by atoms with Crippen LogP contribution in [0.4, 0.5) is 0 Å². The number of thiophene rings is 1. The fourth-order valence-corrected chi connectivity index (χ4v) is 4.40. The van der Waals surface area contributed by atoms with E-state index in [0.29, 0.717) is 23.4 Å². The second-order valence-electron chi connectivity index (χ2n) is 6.01. The zero-order valence-corrected chi connectivity index (χ0v) is 14.6. The van der Waals surface area contributed by atoms with Gasteiger partial charge in [-0.3, -0.25) is 4.79 Å². The van der Waals surface area contributed by atoms with Gasteiger partial charge in [0.2, 0.25) is 0 Å². The molecule has 0 N–H and O–H groups in total. The third kappa shape index (κ3) is 2.61. The second-order valence-corrected chi connectivity index (χ2v) is 6.93. The minimum absolute atomic E-state index is 0.0601. The van der Waals surface area contributed by atoms with Crippen molar-refractivity contribution in [2.75, 3.05) is 7.11 Å². The number of ether oxygens (including phenoxy) is 1. The molecule has 1 aliphatic rings. The van der Waals surface area contributed by atoms with E-state index in [9.17, 15) is 9.59 Å². The van der Waals surface area contributed by atoms with Gasteiger partial charge in [-0.15, -0.1) is 11.3 Å². The van der Waals surface area contributed by atoms with E-state index in [1.54, 1.807) is 22.0 Å². The first kappa shape index (κ1) is 15.8. The number of hydrogen-bond donors (Lipinski definition) is 0. The fourth-order valence-electron chi connectivity index (χ4n) is 3.38. The smallest absolute Gasteiger partial charge is 0.340 e. The standard InChI is InChI=1S/C20H17NO3S/c1-24-20(23)16-12-15(13-6-3-2-4-7-13)19(22)21-10-5-8-14-9-11-25-18(14)17(16)21/h2-4,6-7,9,11-12H,5,8,10H2,1H3. The highest BCUT2D eigenvalue weighted by atomic mass is 32.1. The summed E-state index contributed by atoms with van der Waals surface area (Å²) in [6, 6.07) is 13.2. The van der Waals surface area contributed by atoms with Gasteiger partial charge in [-0.1, -0.05) is 30.3 Å². The summed E-state index contributed by atoms with van der Waals surface area (Å²) in [5.41, 5.74) is 3.61. The van der Waals surface area contributed by atoms with Gasteiger partial charge in [0.05, 0.1) is 23.2 Å². The summed E-state index contributed by atoms with van der Waals surface area (Å²) in [5.74, 6) is -0.415. The Kier molecular flexibility index (Phi) is 4.01. The number of fused-ring (bicyclic) bond motifs is 3. The average molecular weight is 351 g/mol. The molecule has 25 heavy (non-hydrogen) atoms. The Morgan fingerprint density at radius 1 is 1.20 bits per heavy atom. The Labute approximate surface area is 149 Å². The molecule has 0 fully saturated rings. The Morgan fingerprint density at radius 2 is 2.00 bits per heavy atom. The minimum Gasteiger partial charge on any atom is -0.465 e. The van der Waals surface area contributed by atoms with E-state index < -0.39 is 5.97 Å². The number of carbonyl (C=O) groups is 1. The first-order chi connectivity index (χ1) is 12.2. The van der Waals surface area contributed by atoms with Crippen LogP contribution in [0.3, 0.4) is 0 Å². The van der Waals surface area contributed by atoms with E-state index in [-0.39, 0.29) is 5.56 Å². The highest BCUT2D eigenvalue weighted by molar-refractivity contribution is 7.13. The van der Waals surface area contributed by atoms with Crippen LogP contribution in [0.1, 0.15) is 22.3 Å². The van der Waals surface area contributed by atoms with E-state index in [1.165, 1.54) is 12.7 Å². The predicted octanol–water partition coefficient (Wildman–Crippen LogP) is 3.98. The van der Waals surface area contributed by atoms with Crippen molar-refractivity contribution >= 4 is 17.3 Å². The van der Waals surface area contributed by atoms with Gasteiger partial charge in [-0.05, 0) is 41.5 Å². The van der Waals surface area contributed by atoms with Crippen molar-refractivity contribution in [1.82, 2.24) is 4.57 Å². The number of benzene rings is 1. The maximum atomic E-state index is 13.2. The van der Waals surface area contributed by atoms with Gasteiger partial charge >= 0.3 is 5.97 Å². The Hall–Kier alpha value is -2.66. The average Bonchev–Trinajstić information content (AvgIpc) is 3.03. The Bertz CT molecular complexity index is 1000. The largest absolute Gasteiger partial charge is 0.465 e. The van der Waals surface area contributed by atoms with Crippen LogP contribution in [0, 0.1) is 0 Å². The lowest BCUT2D eigenvalue weighted by atomic mass is 10.0. The number of esters is 1. The summed E-state index contributed by atoms with van der Waals surface area (Å²) in [7, 11) is 1.37. The first-order valence-corrected chi connectivity index (χ1v) is 9.07. The van der Waals surface area contributed by atoms with Crippen LogP contribution >= 0.6 is 11.3 Å². The van der Waals surface area contributed by atoms with Gasteiger partial charge in [0.1, 0.15) is 0 Å². The number of nitrogens with zero attached hydrogens (tertiary/aromatic N) is 1. The molecule has 0 amide bonds. The van der Waals surface area contributed by atoms with Crippen molar-refractivity contribution in [3.05, 3.63) is 69.3 Å². The van der Waals surface area contributed by atoms with Gasteiger partial charge in [-0.2, -0.15) is 0 Å². The van der Waals surface area contributed by atoms with Gasteiger partial charge in [0, 0.05) is 12.1 Å². The predicted molar refractivity (Wildman–Crippen MR) is 99.1 cm³/mol. The van der Waals surface area contributed by atoms with Crippen LogP contribution in [-0.2, 0) is 17.7 Å². The molecular formula is C20H17NO3S. The molecule has 2 aromatic heterocycles.